The first-order valence-corrected chi connectivity index (χ1v) is 5.40. The van der Waals surface area contributed by atoms with Gasteiger partial charge in [-0.3, -0.25) is 0 Å². The van der Waals surface area contributed by atoms with Crippen molar-refractivity contribution in [1.82, 2.24) is 0 Å². The molecule has 0 amide bonds. The highest BCUT2D eigenvalue weighted by molar-refractivity contribution is 9.10. The maximum absolute atomic E-state index is 11.9. The van der Waals surface area contributed by atoms with Gasteiger partial charge in [-0.1, -0.05) is 15.9 Å². The molecule has 0 radical (unpaired) electrons. The zero-order valence-electron chi connectivity index (χ0n) is 8.35. The van der Waals surface area contributed by atoms with Gasteiger partial charge in [0, 0.05) is 11.0 Å². The standard InChI is InChI=1S/C10H11BrF3NO/c11-9-2-1-8(5-7(9)6-15)16-4-3-10(12,13)14/h1-2,5H,3-4,6,15H2. The van der Waals surface area contributed by atoms with Crippen molar-refractivity contribution in [3.05, 3.63) is 28.2 Å². The van der Waals surface area contributed by atoms with Crippen molar-refractivity contribution in [3.8, 4) is 5.75 Å². The highest BCUT2D eigenvalue weighted by Gasteiger charge is 2.26. The van der Waals surface area contributed by atoms with Gasteiger partial charge in [-0.05, 0) is 23.8 Å². The van der Waals surface area contributed by atoms with Crippen LogP contribution in [0, 0.1) is 0 Å². The van der Waals surface area contributed by atoms with Gasteiger partial charge in [0.1, 0.15) is 5.75 Å². The third-order valence-electron chi connectivity index (χ3n) is 1.89. The number of ether oxygens (including phenoxy) is 1. The summed E-state index contributed by atoms with van der Waals surface area (Å²) >= 11 is 3.27. The number of nitrogens with two attached hydrogens (primary N) is 1. The molecule has 6 heteroatoms. The molecule has 0 bridgehead atoms. The van der Waals surface area contributed by atoms with Crippen LogP contribution in [0.5, 0.6) is 5.75 Å². The molecule has 16 heavy (non-hydrogen) atoms. The molecule has 90 valence electrons. The predicted molar refractivity (Wildman–Crippen MR) is 58.2 cm³/mol. The zero-order chi connectivity index (χ0) is 12.2. The van der Waals surface area contributed by atoms with Crippen LogP contribution >= 0.6 is 15.9 Å². The Bertz CT molecular complexity index is 354. The molecule has 0 spiro atoms. The molecule has 0 saturated carbocycles. The highest BCUT2D eigenvalue weighted by Crippen LogP contribution is 2.24. The maximum Gasteiger partial charge on any atom is 0.392 e. The fourth-order valence-electron chi connectivity index (χ4n) is 1.08. The lowest BCUT2D eigenvalue weighted by atomic mass is 10.2. The van der Waals surface area contributed by atoms with E-state index in [2.05, 4.69) is 15.9 Å². The van der Waals surface area contributed by atoms with Crippen molar-refractivity contribution in [2.45, 2.75) is 19.1 Å². The normalized spacial score (nSPS) is 11.6. The molecule has 0 aliphatic rings. The summed E-state index contributed by atoms with van der Waals surface area (Å²) < 4.78 is 41.4. The van der Waals surface area contributed by atoms with E-state index in [4.69, 9.17) is 10.5 Å². The van der Waals surface area contributed by atoms with Crippen LogP contribution in [0.3, 0.4) is 0 Å². The Balaban J connectivity index is 2.55. The number of hydrogen-bond donors (Lipinski definition) is 1. The maximum atomic E-state index is 11.9. The number of hydrogen-bond acceptors (Lipinski definition) is 2. The van der Waals surface area contributed by atoms with Crippen LogP contribution in [0.1, 0.15) is 12.0 Å². The summed E-state index contributed by atoms with van der Waals surface area (Å²) in [4.78, 5) is 0. The Labute approximate surface area is 99.7 Å². The lowest BCUT2D eigenvalue weighted by Crippen LogP contribution is -2.13. The summed E-state index contributed by atoms with van der Waals surface area (Å²) in [5.41, 5.74) is 6.25. The van der Waals surface area contributed by atoms with Crippen LogP contribution in [-0.2, 0) is 6.54 Å². The van der Waals surface area contributed by atoms with E-state index in [-0.39, 0.29) is 6.61 Å². The van der Waals surface area contributed by atoms with Crippen molar-refractivity contribution in [1.29, 1.82) is 0 Å². The Kier molecular flexibility index (Phi) is 4.61. The van der Waals surface area contributed by atoms with Gasteiger partial charge < -0.3 is 10.5 Å². The second-order valence-electron chi connectivity index (χ2n) is 3.17. The Morgan fingerprint density at radius 2 is 2.00 bits per heavy atom. The molecule has 0 atom stereocenters. The predicted octanol–water partition coefficient (Wildman–Crippen LogP) is 3.24. The number of halogens is 4. The van der Waals surface area contributed by atoms with Crippen molar-refractivity contribution >= 4 is 15.9 Å². The minimum Gasteiger partial charge on any atom is -0.493 e. The quantitative estimate of drug-likeness (QED) is 0.926. The largest absolute Gasteiger partial charge is 0.493 e. The molecule has 2 N–H and O–H groups in total. The molecule has 0 aromatic heterocycles. The van der Waals surface area contributed by atoms with Gasteiger partial charge in [-0.2, -0.15) is 13.2 Å². The molecule has 0 aliphatic carbocycles. The number of rotatable bonds is 4. The SMILES string of the molecule is NCc1cc(OCCC(F)(F)F)ccc1Br. The second-order valence-corrected chi connectivity index (χ2v) is 4.03. The van der Waals surface area contributed by atoms with E-state index in [1.165, 1.54) is 0 Å². The molecule has 1 aromatic rings. The highest BCUT2D eigenvalue weighted by atomic mass is 79.9. The van der Waals surface area contributed by atoms with E-state index in [0.29, 0.717) is 12.3 Å². The number of alkyl halides is 3. The molecule has 1 aromatic carbocycles. The first-order valence-electron chi connectivity index (χ1n) is 4.60. The molecule has 2 nitrogen and oxygen atoms in total. The third kappa shape index (κ3) is 4.40. The first-order chi connectivity index (χ1) is 7.42. The molecule has 0 unspecified atom stereocenters. The van der Waals surface area contributed by atoms with E-state index in [0.717, 1.165) is 10.0 Å². The van der Waals surface area contributed by atoms with Gasteiger partial charge in [-0.15, -0.1) is 0 Å². The Morgan fingerprint density at radius 1 is 1.31 bits per heavy atom. The fourth-order valence-corrected chi connectivity index (χ4v) is 1.49. The van der Waals surface area contributed by atoms with Gasteiger partial charge >= 0.3 is 6.18 Å². The first kappa shape index (κ1) is 13.3. The van der Waals surface area contributed by atoms with E-state index >= 15 is 0 Å². The molecule has 0 fully saturated rings. The molecular formula is C10H11BrF3NO. The summed E-state index contributed by atoms with van der Waals surface area (Å²) in [6, 6.07) is 4.92. The zero-order valence-corrected chi connectivity index (χ0v) is 9.94. The summed E-state index contributed by atoms with van der Waals surface area (Å²) in [6.07, 6.45) is -5.15. The van der Waals surface area contributed by atoms with E-state index in [1.54, 1.807) is 18.2 Å². The molecule has 1 rings (SSSR count). The van der Waals surface area contributed by atoms with Crippen molar-refractivity contribution in [3.63, 3.8) is 0 Å². The van der Waals surface area contributed by atoms with Crippen molar-refractivity contribution in [2.75, 3.05) is 6.61 Å². The van der Waals surface area contributed by atoms with E-state index in [1.807, 2.05) is 0 Å². The smallest absolute Gasteiger partial charge is 0.392 e. The van der Waals surface area contributed by atoms with Crippen LogP contribution in [-0.4, -0.2) is 12.8 Å². The second kappa shape index (κ2) is 5.54. The lowest BCUT2D eigenvalue weighted by molar-refractivity contribution is -0.139. The van der Waals surface area contributed by atoms with Gasteiger partial charge in [0.15, 0.2) is 0 Å². The van der Waals surface area contributed by atoms with Crippen molar-refractivity contribution in [2.24, 2.45) is 5.73 Å². The molecule has 0 heterocycles. The average Bonchev–Trinajstić information content (AvgIpc) is 2.18. The fraction of sp³-hybridized carbons (Fsp3) is 0.400. The summed E-state index contributed by atoms with van der Waals surface area (Å²) in [5.74, 6) is 0.396. The van der Waals surface area contributed by atoms with Gasteiger partial charge in [0.2, 0.25) is 0 Å². The lowest BCUT2D eigenvalue weighted by Gasteiger charge is -2.10. The molecular weight excluding hydrogens is 287 g/mol. The topological polar surface area (TPSA) is 35.2 Å². The van der Waals surface area contributed by atoms with E-state index < -0.39 is 12.6 Å². The minimum atomic E-state index is -4.19. The Morgan fingerprint density at radius 3 is 2.56 bits per heavy atom. The third-order valence-corrected chi connectivity index (χ3v) is 2.66. The van der Waals surface area contributed by atoms with Gasteiger partial charge in [-0.25, -0.2) is 0 Å². The van der Waals surface area contributed by atoms with E-state index in [9.17, 15) is 13.2 Å². The van der Waals surface area contributed by atoms with Crippen molar-refractivity contribution < 1.29 is 17.9 Å². The molecule has 0 saturated heterocycles. The summed E-state index contributed by atoms with van der Waals surface area (Å²) in [5, 5.41) is 0. The van der Waals surface area contributed by atoms with Crippen LogP contribution in [0.2, 0.25) is 0 Å². The molecule has 0 aliphatic heterocycles. The summed E-state index contributed by atoms with van der Waals surface area (Å²) in [7, 11) is 0. The average molecular weight is 298 g/mol. The monoisotopic (exact) mass is 297 g/mol. The van der Waals surface area contributed by atoms with Gasteiger partial charge in [0.05, 0.1) is 13.0 Å². The van der Waals surface area contributed by atoms with Crippen LogP contribution in [0.25, 0.3) is 0 Å². The van der Waals surface area contributed by atoms with Crippen LogP contribution < -0.4 is 10.5 Å². The van der Waals surface area contributed by atoms with Crippen LogP contribution in [0.15, 0.2) is 22.7 Å². The van der Waals surface area contributed by atoms with Gasteiger partial charge in [0.25, 0.3) is 0 Å². The number of benzene rings is 1. The minimum absolute atomic E-state index is 0.303. The van der Waals surface area contributed by atoms with Crippen LogP contribution in [0.4, 0.5) is 13.2 Å². The summed E-state index contributed by atoms with van der Waals surface area (Å²) in [6.45, 7) is -0.0772. The Hall–Kier alpha value is -0.750.